The van der Waals surface area contributed by atoms with Crippen molar-refractivity contribution in [3.63, 3.8) is 0 Å². The van der Waals surface area contributed by atoms with Crippen LogP contribution in [0.2, 0.25) is 0 Å². The zero-order valence-corrected chi connectivity index (χ0v) is 12.5. The lowest BCUT2D eigenvalue weighted by Gasteiger charge is -2.25. The van der Waals surface area contributed by atoms with Gasteiger partial charge in [-0.1, -0.05) is 24.3 Å². The Labute approximate surface area is 119 Å². The quantitative estimate of drug-likeness (QED) is 0.812. The normalized spacial score (nSPS) is 19.2. The first kappa shape index (κ1) is 14.4. The maximum absolute atomic E-state index is 12.0. The van der Waals surface area contributed by atoms with Crippen LogP contribution in [-0.4, -0.2) is 35.9 Å². The van der Waals surface area contributed by atoms with Gasteiger partial charge in [0.25, 0.3) is 0 Å². The second-order valence-electron chi connectivity index (χ2n) is 4.93. The third kappa shape index (κ3) is 3.51. The van der Waals surface area contributed by atoms with Crippen LogP contribution in [0.1, 0.15) is 30.1 Å². The molecule has 1 aliphatic heterocycles. The average molecular weight is 278 g/mol. The van der Waals surface area contributed by atoms with E-state index in [-0.39, 0.29) is 12.1 Å². The number of hydrogen-bond donors (Lipinski definition) is 1. The Kier molecular flexibility index (Phi) is 5.28. The first-order valence-corrected chi connectivity index (χ1v) is 8.20. The van der Waals surface area contributed by atoms with E-state index >= 15 is 0 Å². The summed E-state index contributed by atoms with van der Waals surface area (Å²) in [7, 11) is 0. The molecule has 19 heavy (non-hydrogen) atoms. The van der Waals surface area contributed by atoms with Crippen LogP contribution in [0, 0.1) is 6.92 Å². The average Bonchev–Trinajstić information content (AvgIpc) is 2.77. The molecule has 0 aliphatic carbocycles. The van der Waals surface area contributed by atoms with Gasteiger partial charge in [0.05, 0.1) is 6.54 Å². The van der Waals surface area contributed by atoms with Crippen molar-refractivity contribution in [2.24, 2.45) is 0 Å². The summed E-state index contributed by atoms with van der Waals surface area (Å²) < 4.78 is 0. The van der Waals surface area contributed by atoms with Crippen molar-refractivity contribution in [3.05, 3.63) is 35.4 Å². The fourth-order valence-corrected chi connectivity index (χ4v) is 2.99. The molecule has 0 radical (unpaired) electrons. The van der Waals surface area contributed by atoms with E-state index in [1.807, 2.05) is 28.8 Å². The van der Waals surface area contributed by atoms with E-state index in [1.54, 1.807) is 0 Å². The van der Waals surface area contributed by atoms with E-state index in [1.165, 1.54) is 23.3 Å². The summed E-state index contributed by atoms with van der Waals surface area (Å²) in [5, 5.41) is 3.33. The van der Waals surface area contributed by atoms with Crippen LogP contribution in [0.4, 0.5) is 0 Å². The summed E-state index contributed by atoms with van der Waals surface area (Å²) in [6.45, 7) is 3.42. The van der Waals surface area contributed by atoms with E-state index in [0.29, 0.717) is 6.54 Å². The van der Waals surface area contributed by atoms with Crippen LogP contribution in [0.25, 0.3) is 0 Å². The zero-order valence-electron chi connectivity index (χ0n) is 11.7. The molecule has 1 fully saturated rings. The summed E-state index contributed by atoms with van der Waals surface area (Å²) in [5.74, 6) is 1.39. The van der Waals surface area contributed by atoms with Crippen LogP contribution in [0.5, 0.6) is 0 Å². The van der Waals surface area contributed by atoms with Gasteiger partial charge in [0, 0.05) is 6.54 Å². The highest BCUT2D eigenvalue weighted by Crippen LogP contribution is 2.25. The topological polar surface area (TPSA) is 32.3 Å². The lowest BCUT2D eigenvalue weighted by Crippen LogP contribution is -2.31. The highest BCUT2D eigenvalue weighted by Gasteiger charge is 2.31. The standard InChI is InChI=1S/C15H22N2OS/c1-12-7-3-4-8-13(12)15-16-11-14(18)17(15)9-5-6-10-19-2/h3-4,7-8,15-16H,5-6,9-11H2,1-2H3. The fourth-order valence-electron chi connectivity index (χ4n) is 2.49. The van der Waals surface area contributed by atoms with Crippen LogP contribution < -0.4 is 5.32 Å². The zero-order chi connectivity index (χ0) is 13.7. The number of hydrogen-bond acceptors (Lipinski definition) is 3. The summed E-state index contributed by atoms with van der Waals surface area (Å²) in [6.07, 6.45) is 4.43. The summed E-state index contributed by atoms with van der Waals surface area (Å²) in [5.41, 5.74) is 2.46. The lowest BCUT2D eigenvalue weighted by atomic mass is 10.1. The number of carbonyl (C=O) groups excluding carboxylic acids is 1. The number of nitrogens with one attached hydrogen (secondary N) is 1. The Morgan fingerprint density at radius 1 is 1.37 bits per heavy atom. The monoisotopic (exact) mass is 278 g/mol. The van der Waals surface area contributed by atoms with E-state index in [0.717, 1.165) is 13.0 Å². The van der Waals surface area contributed by atoms with Gasteiger partial charge in [-0.2, -0.15) is 11.8 Å². The predicted octanol–water partition coefficient (Wildman–Crippen LogP) is 2.57. The molecular formula is C15H22N2OS. The van der Waals surface area contributed by atoms with Gasteiger partial charge in [0.1, 0.15) is 6.17 Å². The minimum Gasteiger partial charge on any atom is -0.322 e. The maximum atomic E-state index is 12.0. The molecule has 1 N–H and O–H groups in total. The Hall–Kier alpha value is -1.00. The molecule has 2 rings (SSSR count). The van der Waals surface area contributed by atoms with Crippen LogP contribution in [0.15, 0.2) is 24.3 Å². The molecule has 1 saturated heterocycles. The van der Waals surface area contributed by atoms with E-state index < -0.39 is 0 Å². The van der Waals surface area contributed by atoms with Crippen molar-refractivity contribution in [1.29, 1.82) is 0 Å². The molecule has 3 nitrogen and oxygen atoms in total. The maximum Gasteiger partial charge on any atom is 0.238 e. The molecule has 0 saturated carbocycles. The number of benzene rings is 1. The molecule has 1 atom stereocenters. The molecule has 0 spiro atoms. The third-order valence-electron chi connectivity index (χ3n) is 3.56. The van der Waals surface area contributed by atoms with Crippen molar-refractivity contribution >= 4 is 17.7 Å². The molecule has 1 aromatic carbocycles. The fraction of sp³-hybridized carbons (Fsp3) is 0.533. The second kappa shape index (κ2) is 6.96. The number of rotatable bonds is 6. The molecule has 0 aromatic heterocycles. The van der Waals surface area contributed by atoms with Crippen molar-refractivity contribution in [2.45, 2.75) is 25.9 Å². The Morgan fingerprint density at radius 2 is 2.16 bits per heavy atom. The van der Waals surface area contributed by atoms with Gasteiger partial charge in [-0.05, 0) is 42.9 Å². The van der Waals surface area contributed by atoms with Gasteiger partial charge in [-0.25, -0.2) is 0 Å². The van der Waals surface area contributed by atoms with Gasteiger partial charge < -0.3 is 4.90 Å². The summed E-state index contributed by atoms with van der Waals surface area (Å²) in [4.78, 5) is 14.0. The highest BCUT2D eigenvalue weighted by atomic mass is 32.2. The van der Waals surface area contributed by atoms with Gasteiger partial charge >= 0.3 is 0 Å². The number of amides is 1. The van der Waals surface area contributed by atoms with Gasteiger partial charge in [0.2, 0.25) is 5.91 Å². The third-order valence-corrected chi connectivity index (χ3v) is 4.26. The van der Waals surface area contributed by atoms with Crippen molar-refractivity contribution in [2.75, 3.05) is 25.1 Å². The summed E-state index contributed by atoms with van der Waals surface area (Å²) >= 11 is 1.87. The largest absolute Gasteiger partial charge is 0.322 e. The molecule has 104 valence electrons. The first-order chi connectivity index (χ1) is 9.24. The smallest absolute Gasteiger partial charge is 0.238 e. The number of thioether (sulfide) groups is 1. The van der Waals surface area contributed by atoms with Gasteiger partial charge in [-0.3, -0.25) is 10.1 Å². The minimum atomic E-state index is 0.0583. The number of aryl methyl sites for hydroxylation is 1. The van der Waals surface area contributed by atoms with Crippen molar-refractivity contribution in [1.82, 2.24) is 10.2 Å². The van der Waals surface area contributed by atoms with E-state index in [9.17, 15) is 4.79 Å². The van der Waals surface area contributed by atoms with Crippen LogP contribution in [-0.2, 0) is 4.79 Å². The molecule has 4 heteroatoms. The van der Waals surface area contributed by atoms with Gasteiger partial charge in [0.15, 0.2) is 0 Å². The van der Waals surface area contributed by atoms with E-state index in [4.69, 9.17) is 0 Å². The predicted molar refractivity (Wildman–Crippen MR) is 81.3 cm³/mol. The first-order valence-electron chi connectivity index (χ1n) is 6.81. The van der Waals surface area contributed by atoms with Crippen molar-refractivity contribution in [3.8, 4) is 0 Å². The molecule has 1 aromatic rings. The minimum absolute atomic E-state index is 0.0583. The van der Waals surface area contributed by atoms with E-state index in [2.05, 4.69) is 30.6 Å². The van der Waals surface area contributed by atoms with Crippen LogP contribution in [0.3, 0.4) is 0 Å². The molecule has 1 heterocycles. The Morgan fingerprint density at radius 3 is 2.89 bits per heavy atom. The van der Waals surface area contributed by atoms with Gasteiger partial charge in [-0.15, -0.1) is 0 Å². The highest BCUT2D eigenvalue weighted by molar-refractivity contribution is 7.98. The Bertz CT molecular complexity index is 436. The summed E-state index contributed by atoms with van der Waals surface area (Å²) in [6, 6.07) is 8.29. The number of nitrogens with zero attached hydrogens (tertiary/aromatic N) is 1. The number of unbranched alkanes of at least 4 members (excludes halogenated alkanes) is 1. The lowest BCUT2D eigenvalue weighted by molar-refractivity contribution is -0.128. The van der Waals surface area contributed by atoms with Crippen LogP contribution >= 0.6 is 11.8 Å². The SMILES string of the molecule is CSCCCCN1C(=O)CNC1c1ccccc1C. The molecular weight excluding hydrogens is 256 g/mol. The second-order valence-corrected chi connectivity index (χ2v) is 5.91. The Balaban J connectivity index is 2.03. The van der Waals surface area contributed by atoms with Crippen molar-refractivity contribution < 1.29 is 4.79 Å². The molecule has 1 amide bonds. The molecule has 1 unspecified atom stereocenters. The molecule has 1 aliphatic rings. The molecule has 0 bridgehead atoms. The number of carbonyl (C=O) groups is 1.